The Bertz CT molecular complexity index is 455. The van der Waals surface area contributed by atoms with Gasteiger partial charge in [0.15, 0.2) is 0 Å². The minimum absolute atomic E-state index is 0.659. The average Bonchev–Trinajstić information content (AvgIpc) is 3.01. The fraction of sp³-hybridized carbons (Fsp3) is 0.385. The molecule has 0 amide bonds. The van der Waals surface area contributed by atoms with Crippen LogP contribution in [0.3, 0.4) is 0 Å². The Hall–Kier alpha value is -1.84. The van der Waals surface area contributed by atoms with Crippen molar-refractivity contribution < 1.29 is 0 Å². The van der Waals surface area contributed by atoms with Crippen molar-refractivity contribution in [1.29, 1.82) is 0 Å². The monoisotopic (exact) mass is 228 g/mol. The van der Waals surface area contributed by atoms with Crippen LogP contribution in [0.1, 0.15) is 25.7 Å². The normalized spacial score (nSPS) is 16.2. The molecular formula is C13H16N4. The minimum atomic E-state index is 0.659. The molecular weight excluding hydrogens is 212 g/mol. The molecule has 88 valence electrons. The summed E-state index contributed by atoms with van der Waals surface area (Å²) < 4.78 is 1.76. The highest BCUT2D eigenvalue weighted by atomic mass is 15.3. The summed E-state index contributed by atoms with van der Waals surface area (Å²) >= 11 is 0. The number of anilines is 1. The van der Waals surface area contributed by atoms with Gasteiger partial charge in [0.2, 0.25) is 0 Å². The lowest BCUT2D eigenvalue weighted by atomic mass is 10.2. The van der Waals surface area contributed by atoms with E-state index in [1.807, 2.05) is 0 Å². The predicted molar refractivity (Wildman–Crippen MR) is 67.2 cm³/mol. The van der Waals surface area contributed by atoms with Crippen molar-refractivity contribution >= 4 is 5.69 Å². The highest BCUT2D eigenvalue weighted by molar-refractivity contribution is 5.49. The highest BCUT2D eigenvalue weighted by Crippen LogP contribution is 2.22. The van der Waals surface area contributed by atoms with Crippen LogP contribution >= 0.6 is 0 Å². The Morgan fingerprint density at radius 2 is 1.88 bits per heavy atom. The summed E-state index contributed by atoms with van der Waals surface area (Å²) in [6.45, 7) is 0. The van der Waals surface area contributed by atoms with Crippen LogP contribution in [0, 0.1) is 0 Å². The van der Waals surface area contributed by atoms with Crippen LogP contribution in [-0.2, 0) is 0 Å². The first kappa shape index (κ1) is 10.3. The van der Waals surface area contributed by atoms with Crippen LogP contribution in [0.4, 0.5) is 5.69 Å². The molecule has 1 fully saturated rings. The summed E-state index contributed by atoms with van der Waals surface area (Å²) in [7, 11) is 0. The molecule has 0 saturated heterocycles. The fourth-order valence-electron chi connectivity index (χ4n) is 2.36. The Balaban J connectivity index is 1.71. The number of hydrogen-bond acceptors (Lipinski definition) is 3. The van der Waals surface area contributed by atoms with Crippen LogP contribution in [0.25, 0.3) is 5.69 Å². The molecule has 1 saturated carbocycles. The van der Waals surface area contributed by atoms with E-state index in [4.69, 9.17) is 0 Å². The molecule has 0 aliphatic heterocycles. The zero-order chi connectivity index (χ0) is 11.5. The Morgan fingerprint density at radius 1 is 1.12 bits per heavy atom. The molecule has 1 aromatic heterocycles. The molecule has 4 nitrogen and oxygen atoms in total. The van der Waals surface area contributed by atoms with E-state index in [1.54, 1.807) is 17.3 Å². The van der Waals surface area contributed by atoms with E-state index < -0.39 is 0 Å². The Morgan fingerprint density at radius 3 is 2.53 bits per heavy atom. The van der Waals surface area contributed by atoms with Crippen LogP contribution in [0.5, 0.6) is 0 Å². The van der Waals surface area contributed by atoms with Gasteiger partial charge in [-0.15, -0.1) is 0 Å². The topological polar surface area (TPSA) is 42.7 Å². The van der Waals surface area contributed by atoms with Crippen molar-refractivity contribution in [3.8, 4) is 5.69 Å². The van der Waals surface area contributed by atoms with Crippen molar-refractivity contribution in [2.45, 2.75) is 31.7 Å². The third-order valence-electron chi connectivity index (χ3n) is 3.28. The van der Waals surface area contributed by atoms with Gasteiger partial charge in [-0.3, -0.25) is 0 Å². The molecule has 0 unspecified atom stereocenters. The van der Waals surface area contributed by atoms with Gasteiger partial charge in [-0.25, -0.2) is 9.67 Å². The maximum Gasteiger partial charge on any atom is 0.138 e. The van der Waals surface area contributed by atoms with E-state index >= 15 is 0 Å². The average molecular weight is 228 g/mol. The van der Waals surface area contributed by atoms with E-state index in [0.717, 1.165) is 5.69 Å². The van der Waals surface area contributed by atoms with Crippen molar-refractivity contribution in [2.75, 3.05) is 5.32 Å². The lowest BCUT2D eigenvalue weighted by molar-refractivity contribution is 0.755. The first-order valence-electron chi connectivity index (χ1n) is 6.13. The summed E-state index contributed by atoms with van der Waals surface area (Å²) in [5.74, 6) is 0. The molecule has 4 heteroatoms. The quantitative estimate of drug-likeness (QED) is 0.878. The van der Waals surface area contributed by atoms with Gasteiger partial charge < -0.3 is 5.32 Å². The Kier molecular flexibility index (Phi) is 2.78. The second kappa shape index (κ2) is 4.57. The van der Waals surface area contributed by atoms with Crippen molar-refractivity contribution in [3.63, 3.8) is 0 Å². The SMILES string of the molecule is c1ncn(-c2ccc(NC3CCCC3)cc2)n1. The third kappa shape index (κ3) is 2.30. The maximum atomic E-state index is 4.10. The Labute approximate surface area is 101 Å². The van der Waals surface area contributed by atoms with Crippen molar-refractivity contribution in [3.05, 3.63) is 36.9 Å². The van der Waals surface area contributed by atoms with Gasteiger partial charge in [0.1, 0.15) is 12.7 Å². The van der Waals surface area contributed by atoms with E-state index in [9.17, 15) is 0 Å². The largest absolute Gasteiger partial charge is 0.382 e. The summed E-state index contributed by atoms with van der Waals surface area (Å²) in [5, 5.41) is 7.67. The second-order valence-electron chi connectivity index (χ2n) is 4.51. The zero-order valence-corrected chi connectivity index (χ0v) is 9.71. The number of aromatic nitrogens is 3. The number of nitrogens with one attached hydrogen (secondary N) is 1. The van der Waals surface area contributed by atoms with Gasteiger partial charge in [-0.1, -0.05) is 12.8 Å². The van der Waals surface area contributed by atoms with Crippen LogP contribution in [0.2, 0.25) is 0 Å². The number of hydrogen-bond donors (Lipinski definition) is 1. The lowest BCUT2D eigenvalue weighted by Gasteiger charge is -2.13. The summed E-state index contributed by atoms with van der Waals surface area (Å²) in [5.41, 5.74) is 2.24. The van der Waals surface area contributed by atoms with E-state index in [0.29, 0.717) is 6.04 Å². The van der Waals surface area contributed by atoms with Crippen LogP contribution in [-0.4, -0.2) is 20.8 Å². The number of rotatable bonds is 3. The van der Waals surface area contributed by atoms with E-state index in [-0.39, 0.29) is 0 Å². The van der Waals surface area contributed by atoms with Gasteiger partial charge in [0.05, 0.1) is 5.69 Å². The molecule has 1 heterocycles. The molecule has 17 heavy (non-hydrogen) atoms. The van der Waals surface area contributed by atoms with Crippen molar-refractivity contribution in [1.82, 2.24) is 14.8 Å². The highest BCUT2D eigenvalue weighted by Gasteiger charge is 2.14. The number of benzene rings is 1. The molecule has 0 atom stereocenters. The minimum Gasteiger partial charge on any atom is -0.382 e. The lowest BCUT2D eigenvalue weighted by Crippen LogP contribution is -2.14. The second-order valence-corrected chi connectivity index (χ2v) is 4.51. The van der Waals surface area contributed by atoms with Gasteiger partial charge >= 0.3 is 0 Å². The molecule has 2 aromatic rings. The first-order chi connectivity index (χ1) is 8.42. The molecule has 3 rings (SSSR count). The van der Waals surface area contributed by atoms with Crippen LogP contribution in [0.15, 0.2) is 36.9 Å². The van der Waals surface area contributed by atoms with E-state index in [2.05, 4.69) is 39.7 Å². The standard InChI is InChI=1S/C13H16N4/c1-2-4-11(3-1)16-12-5-7-13(8-6-12)17-10-14-9-15-17/h5-11,16H,1-4H2. The molecule has 1 N–H and O–H groups in total. The van der Waals surface area contributed by atoms with Gasteiger partial charge in [0, 0.05) is 11.7 Å². The molecule has 0 radical (unpaired) electrons. The molecule has 1 aliphatic carbocycles. The fourth-order valence-corrected chi connectivity index (χ4v) is 2.36. The molecule has 1 aromatic carbocycles. The van der Waals surface area contributed by atoms with Crippen molar-refractivity contribution in [2.24, 2.45) is 0 Å². The molecule has 1 aliphatic rings. The van der Waals surface area contributed by atoms with Gasteiger partial charge in [0.25, 0.3) is 0 Å². The molecule has 0 spiro atoms. The summed E-state index contributed by atoms with van der Waals surface area (Å²) in [6, 6.07) is 9.00. The smallest absolute Gasteiger partial charge is 0.138 e. The predicted octanol–water partition coefficient (Wildman–Crippen LogP) is 2.62. The third-order valence-corrected chi connectivity index (χ3v) is 3.28. The van der Waals surface area contributed by atoms with E-state index in [1.165, 1.54) is 31.4 Å². The van der Waals surface area contributed by atoms with Gasteiger partial charge in [-0.2, -0.15) is 5.10 Å². The summed E-state index contributed by atoms with van der Waals surface area (Å²) in [6.07, 6.45) is 8.56. The summed E-state index contributed by atoms with van der Waals surface area (Å²) in [4.78, 5) is 3.94. The van der Waals surface area contributed by atoms with Gasteiger partial charge in [-0.05, 0) is 37.1 Å². The molecule has 0 bridgehead atoms. The zero-order valence-electron chi connectivity index (χ0n) is 9.71. The number of nitrogens with zero attached hydrogens (tertiary/aromatic N) is 3. The first-order valence-corrected chi connectivity index (χ1v) is 6.13. The maximum absolute atomic E-state index is 4.10. The van der Waals surface area contributed by atoms with Crippen LogP contribution < -0.4 is 5.32 Å².